The zero-order chi connectivity index (χ0) is 15.4. The Kier molecular flexibility index (Phi) is 5.25. The average Bonchev–Trinajstić information content (AvgIpc) is 2.91. The number of hydrogen-bond donors (Lipinski definition) is 2. The molecule has 0 saturated carbocycles. The minimum atomic E-state index is -0.960. The first-order chi connectivity index (χ1) is 10.0. The molecule has 1 aromatic carbocycles. The Hall–Kier alpha value is -1.53. The molecule has 0 spiro atoms. The van der Waals surface area contributed by atoms with Gasteiger partial charge in [0.15, 0.2) is 0 Å². The Labute approximate surface area is 128 Å². The minimum absolute atomic E-state index is 0.0968. The molecule has 2 rings (SSSR count). The van der Waals surface area contributed by atoms with Crippen molar-refractivity contribution in [2.24, 2.45) is 5.73 Å². The first-order valence-corrected chi connectivity index (χ1v) is 8.05. The molecule has 5 nitrogen and oxygen atoms in total. The molecule has 1 saturated heterocycles. The van der Waals surface area contributed by atoms with Gasteiger partial charge in [0.1, 0.15) is 6.04 Å². The number of carbonyl (C=O) groups excluding carboxylic acids is 1. The predicted octanol–water partition coefficient (Wildman–Crippen LogP) is 1.32. The van der Waals surface area contributed by atoms with Gasteiger partial charge in [-0.25, -0.2) is 4.79 Å². The molecule has 3 atom stereocenters. The number of carbonyl (C=O) groups is 2. The van der Waals surface area contributed by atoms with E-state index >= 15 is 0 Å². The second-order valence-electron chi connectivity index (χ2n) is 5.09. The van der Waals surface area contributed by atoms with Crippen molar-refractivity contribution in [2.45, 2.75) is 37.2 Å². The molecule has 2 unspecified atom stereocenters. The van der Waals surface area contributed by atoms with Crippen LogP contribution in [0.15, 0.2) is 30.3 Å². The number of nitrogens with zero attached hydrogens (tertiary/aromatic N) is 1. The van der Waals surface area contributed by atoms with Crippen LogP contribution in [0.25, 0.3) is 0 Å². The smallest absolute Gasteiger partial charge is 0.327 e. The first kappa shape index (κ1) is 15.9. The summed E-state index contributed by atoms with van der Waals surface area (Å²) in [6.45, 7) is 1.95. The lowest BCUT2D eigenvalue weighted by molar-refractivity contribution is -0.149. The molecule has 1 aliphatic rings. The number of aliphatic carboxylic acids is 1. The van der Waals surface area contributed by atoms with Crippen molar-refractivity contribution in [2.75, 3.05) is 5.75 Å². The number of hydrogen-bond acceptors (Lipinski definition) is 4. The van der Waals surface area contributed by atoms with E-state index in [-0.39, 0.29) is 11.3 Å². The van der Waals surface area contributed by atoms with Gasteiger partial charge in [-0.1, -0.05) is 37.3 Å². The summed E-state index contributed by atoms with van der Waals surface area (Å²) in [5, 5.41) is 9.17. The highest BCUT2D eigenvalue weighted by atomic mass is 32.2. The average molecular weight is 308 g/mol. The van der Waals surface area contributed by atoms with Gasteiger partial charge in [0.05, 0.1) is 11.4 Å². The minimum Gasteiger partial charge on any atom is -0.480 e. The van der Waals surface area contributed by atoms with Crippen LogP contribution in [-0.4, -0.2) is 45.1 Å². The van der Waals surface area contributed by atoms with Crippen LogP contribution in [0.5, 0.6) is 0 Å². The summed E-state index contributed by atoms with van der Waals surface area (Å²) in [6.07, 6.45) is 1.14. The Morgan fingerprint density at radius 1 is 1.43 bits per heavy atom. The Morgan fingerprint density at radius 3 is 2.67 bits per heavy atom. The van der Waals surface area contributed by atoms with E-state index in [4.69, 9.17) is 5.73 Å². The van der Waals surface area contributed by atoms with E-state index in [1.807, 2.05) is 37.3 Å². The number of amides is 1. The van der Waals surface area contributed by atoms with Gasteiger partial charge in [-0.15, -0.1) is 11.8 Å². The summed E-state index contributed by atoms with van der Waals surface area (Å²) in [7, 11) is 0. The molecule has 0 aliphatic carbocycles. The third-order valence-electron chi connectivity index (χ3n) is 3.60. The SMILES string of the molecule is CCC1SCC(C(=O)O)N1C(=O)[C@H](N)Cc1ccccc1. The van der Waals surface area contributed by atoms with Crippen molar-refractivity contribution in [3.8, 4) is 0 Å². The zero-order valence-corrected chi connectivity index (χ0v) is 12.8. The second-order valence-corrected chi connectivity index (χ2v) is 6.30. The number of thioether (sulfide) groups is 1. The summed E-state index contributed by atoms with van der Waals surface area (Å²) >= 11 is 1.51. The molecular formula is C15H20N2O3S. The van der Waals surface area contributed by atoms with Crippen molar-refractivity contribution in [1.29, 1.82) is 0 Å². The zero-order valence-electron chi connectivity index (χ0n) is 11.9. The largest absolute Gasteiger partial charge is 0.480 e. The molecule has 0 aromatic heterocycles. The molecule has 1 aromatic rings. The highest BCUT2D eigenvalue weighted by Crippen LogP contribution is 2.31. The Balaban J connectivity index is 2.10. The van der Waals surface area contributed by atoms with Crippen LogP contribution in [-0.2, 0) is 16.0 Å². The van der Waals surface area contributed by atoms with Gasteiger partial charge in [0.2, 0.25) is 5.91 Å². The fourth-order valence-corrected chi connectivity index (χ4v) is 3.87. The molecule has 1 heterocycles. The molecular weight excluding hydrogens is 288 g/mol. The molecule has 1 fully saturated rings. The molecule has 6 heteroatoms. The van der Waals surface area contributed by atoms with Gasteiger partial charge in [-0.3, -0.25) is 4.79 Å². The molecule has 114 valence electrons. The predicted molar refractivity (Wildman–Crippen MR) is 82.9 cm³/mol. The number of carboxylic acid groups (broad SMARTS) is 1. The molecule has 3 N–H and O–H groups in total. The summed E-state index contributed by atoms with van der Waals surface area (Å²) in [5.41, 5.74) is 6.99. The third kappa shape index (κ3) is 3.57. The number of benzene rings is 1. The van der Waals surface area contributed by atoms with Crippen LogP contribution in [0, 0.1) is 0 Å². The third-order valence-corrected chi connectivity index (χ3v) is 5.05. The van der Waals surface area contributed by atoms with Gasteiger partial charge in [0, 0.05) is 5.75 Å². The molecule has 1 aliphatic heterocycles. The highest BCUT2D eigenvalue weighted by Gasteiger charge is 2.42. The maximum atomic E-state index is 12.6. The van der Waals surface area contributed by atoms with Crippen molar-refractivity contribution in [1.82, 2.24) is 4.90 Å². The van der Waals surface area contributed by atoms with Gasteiger partial charge in [-0.05, 0) is 18.4 Å². The van der Waals surface area contributed by atoms with Crippen LogP contribution >= 0.6 is 11.8 Å². The van der Waals surface area contributed by atoms with E-state index in [1.165, 1.54) is 16.7 Å². The van der Waals surface area contributed by atoms with E-state index in [0.29, 0.717) is 12.2 Å². The molecule has 21 heavy (non-hydrogen) atoms. The Morgan fingerprint density at radius 2 is 2.10 bits per heavy atom. The van der Waals surface area contributed by atoms with Gasteiger partial charge >= 0.3 is 5.97 Å². The maximum Gasteiger partial charge on any atom is 0.327 e. The summed E-state index contributed by atoms with van der Waals surface area (Å²) in [6, 6.07) is 8.05. The molecule has 0 bridgehead atoms. The molecule has 1 amide bonds. The standard InChI is InChI=1S/C15H20N2O3S/c1-2-13-17(12(9-21-13)15(19)20)14(18)11(16)8-10-6-4-3-5-7-10/h3-7,11-13H,2,8-9,16H2,1H3,(H,19,20)/t11-,12?,13?/m1/s1. The number of carboxylic acids is 1. The van der Waals surface area contributed by atoms with E-state index in [9.17, 15) is 14.7 Å². The van der Waals surface area contributed by atoms with Gasteiger partial charge in [-0.2, -0.15) is 0 Å². The van der Waals surface area contributed by atoms with Gasteiger partial charge < -0.3 is 15.7 Å². The van der Waals surface area contributed by atoms with Crippen molar-refractivity contribution in [3.63, 3.8) is 0 Å². The topological polar surface area (TPSA) is 83.6 Å². The van der Waals surface area contributed by atoms with Gasteiger partial charge in [0.25, 0.3) is 0 Å². The second kappa shape index (κ2) is 6.95. The monoisotopic (exact) mass is 308 g/mol. The fourth-order valence-electron chi connectivity index (χ4n) is 2.51. The fraction of sp³-hybridized carbons (Fsp3) is 0.467. The van der Waals surface area contributed by atoms with E-state index in [1.54, 1.807) is 0 Å². The van der Waals surface area contributed by atoms with Crippen LogP contribution in [0.3, 0.4) is 0 Å². The number of nitrogens with two attached hydrogens (primary N) is 1. The summed E-state index contributed by atoms with van der Waals surface area (Å²) < 4.78 is 0. The van der Waals surface area contributed by atoms with Crippen molar-refractivity contribution < 1.29 is 14.7 Å². The summed E-state index contributed by atoms with van der Waals surface area (Å²) in [5.74, 6) is -0.806. The molecule has 0 radical (unpaired) electrons. The first-order valence-electron chi connectivity index (χ1n) is 7.00. The maximum absolute atomic E-state index is 12.6. The van der Waals surface area contributed by atoms with Crippen LogP contribution in [0.4, 0.5) is 0 Å². The lowest BCUT2D eigenvalue weighted by atomic mass is 10.0. The number of rotatable bonds is 5. The quantitative estimate of drug-likeness (QED) is 0.857. The van der Waals surface area contributed by atoms with E-state index < -0.39 is 18.1 Å². The van der Waals surface area contributed by atoms with E-state index in [0.717, 1.165) is 12.0 Å². The van der Waals surface area contributed by atoms with Crippen molar-refractivity contribution >= 4 is 23.6 Å². The van der Waals surface area contributed by atoms with Crippen LogP contribution in [0.2, 0.25) is 0 Å². The lowest BCUT2D eigenvalue weighted by Gasteiger charge is -2.29. The lowest BCUT2D eigenvalue weighted by Crippen LogP contribution is -2.52. The normalized spacial score (nSPS) is 23.0. The Bertz CT molecular complexity index is 509. The van der Waals surface area contributed by atoms with Crippen LogP contribution < -0.4 is 5.73 Å². The summed E-state index contributed by atoms with van der Waals surface area (Å²) in [4.78, 5) is 25.3. The highest BCUT2D eigenvalue weighted by molar-refractivity contribution is 8.00. The van der Waals surface area contributed by atoms with E-state index in [2.05, 4.69) is 0 Å². The van der Waals surface area contributed by atoms with Crippen molar-refractivity contribution in [3.05, 3.63) is 35.9 Å². The van der Waals surface area contributed by atoms with Crippen LogP contribution in [0.1, 0.15) is 18.9 Å².